The minimum Gasteiger partial charge on any atom is -0.298 e. The van der Waals surface area contributed by atoms with Crippen LogP contribution in [0, 0.1) is 4.77 Å². The highest BCUT2D eigenvalue weighted by atomic mass is 32.2. The molecule has 7 heteroatoms. The molecule has 0 radical (unpaired) electrons. The average molecular weight is 316 g/mol. The zero-order valence-electron chi connectivity index (χ0n) is 9.67. The first kappa shape index (κ1) is 12.8. The standard InChI is InChI=1S/C11H13N3S4/c15-11-13-12-10(9-2-1-3-18-9)14(11)6-8-7-16-4-5-17-8/h1-3,8H,4-7H2,(H,13,15). The summed E-state index contributed by atoms with van der Waals surface area (Å²) >= 11 is 11.1. The van der Waals surface area contributed by atoms with Gasteiger partial charge in [-0.3, -0.25) is 9.67 Å². The van der Waals surface area contributed by atoms with Crippen molar-refractivity contribution in [2.75, 3.05) is 17.3 Å². The Morgan fingerprint density at radius 1 is 1.50 bits per heavy atom. The molecular formula is C11H13N3S4. The maximum Gasteiger partial charge on any atom is 0.195 e. The topological polar surface area (TPSA) is 33.6 Å². The van der Waals surface area contributed by atoms with Crippen LogP contribution in [0.2, 0.25) is 0 Å². The van der Waals surface area contributed by atoms with Crippen LogP contribution in [0.15, 0.2) is 17.5 Å². The average Bonchev–Trinajstić information content (AvgIpc) is 3.02. The van der Waals surface area contributed by atoms with E-state index in [9.17, 15) is 0 Å². The second-order valence-electron chi connectivity index (χ2n) is 4.01. The molecule has 1 fully saturated rings. The normalized spacial score (nSPS) is 20.1. The van der Waals surface area contributed by atoms with Gasteiger partial charge in [0.1, 0.15) is 0 Å². The monoisotopic (exact) mass is 315 g/mol. The smallest absolute Gasteiger partial charge is 0.195 e. The van der Waals surface area contributed by atoms with Crippen molar-refractivity contribution in [2.45, 2.75) is 11.8 Å². The first-order valence-electron chi connectivity index (χ1n) is 5.73. The van der Waals surface area contributed by atoms with Crippen molar-refractivity contribution in [3.05, 3.63) is 22.3 Å². The predicted molar refractivity (Wildman–Crippen MR) is 84.3 cm³/mol. The van der Waals surface area contributed by atoms with Crippen LogP contribution in [0.25, 0.3) is 10.7 Å². The number of nitrogens with zero attached hydrogens (tertiary/aromatic N) is 2. The second kappa shape index (κ2) is 5.81. The minimum atomic E-state index is 0.645. The van der Waals surface area contributed by atoms with Crippen LogP contribution in [-0.2, 0) is 6.54 Å². The lowest BCUT2D eigenvalue weighted by Gasteiger charge is -2.21. The largest absolute Gasteiger partial charge is 0.298 e. The van der Waals surface area contributed by atoms with Crippen molar-refractivity contribution in [3.8, 4) is 10.7 Å². The van der Waals surface area contributed by atoms with E-state index < -0.39 is 0 Å². The summed E-state index contributed by atoms with van der Waals surface area (Å²) in [5, 5.41) is 10.0. The van der Waals surface area contributed by atoms with E-state index in [-0.39, 0.29) is 0 Å². The van der Waals surface area contributed by atoms with Crippen molar-refractivity contribution in [3.63, 3.8) is 0 Å². The summed E-state index contributed by atoms with van der Waals surface area (Å²) in [5.41, 5.74) is 0. The van der Waals surface area contributed by atoms with Gasteiger partial charge in [-0.25, -0.2) is 0 Å². The Morgan fingerprint density at radius 3 is 3.17 bits per heavy atom. The highest BCUT2D eigenvalue weighted by Gasteiger charge is 2.18. The quantitative estimate of drug-likeness (QED) is 0.879. The fraction of sp³-hybridized carbons (Fsp3) is 0.455. The molecule has 3 rings (SSSR count). The lowest BCUT2D eigenvalue weighted by atomic mass is 10.4. The van der Waals surface area contributed by atoms with E-state index >= 15 is 0 Å². The Labute approximate surface area is 123 Å². The summed E-state index contributed by atoms with van der Waals surface area (Å²) in [7, 11) is 0. The first-order valence-corrected chi connectivity index (χ1v) is 9.22. The van der Waals surface area contributed by atoms with E-state index in [0.717, 1.165) is 17.1 Å². The number of rotatable bonds is 3. The van der Waals surface area contributed by atoms with E-state index in [4.69, 9.17) is 12.2 Å². The molecule has 1 saturated heterocycles. The fourth-order valence-corrected chi connectivity index (χ4v) is 5.51. The number of aromatic nitrogens is 3. The molecule has 0 aliphatic carbocycles. The van der Waals surface area contributed by atoms with Gasteiger partial charge < -0.3 is 0 Å². The Kier molecular flexibility index (Phi) is 4.13. The summed E-state index contributed by atoms with van der Waals surface area (Å²) in [5.74, 6) is 4.71. The van der Waals surface area contributed by atoms with Crippen molar-refractivity contribution < 1.29 is 0 Å². The van der Waals surface area contributed by atoms with Crippen molar-refractivity contribution >= 4 is 47.1 Å². The van der Waals surface area contributed by atoms with Crippen LogP contribution < -0.4 is 0 Å². The molecule has 1 unspecified atom stereocenters. The van der Waals surface area contributed by atoms with Crippen molar-refractivity contribution in [1.29, 1.82) is 0 Å². The maximum absolute atomic E-state index is 5.35. The first-order chi connectivity index (χ1) is 8.84. The van der Waals surface area contributed by atoms with Crippen molar-refractivity contribution in [1.82, 2.24) is 14.8 Å². The SMILES string of the molecule is S=c1[nH]nc(-c2cccs2)n1CC1CSCCS1. The highest BCUT2D eigenvalue weighted by Crippen LogP contribution is 2.28. The van der Waals surface area contributed by atoms with Gasteiger partial charge in [0.25, 0.3) is 0 Å². The lowest BCUT2D eigenvalue weighted by molar-refractivity contribution is 0.691. The third-order valence-corrected chi connectivity index (χ3v) is 6.78. The predicted octanol–water partition coefficient (Wildman–Crippen LogP) is 3.52. The van der Waals surface area contributed by atoms with Gasteiger partial charge in [-0.15, -0.1) is 11.3 Å². The van der Waals surface area contributed by atoms with Gasteiger partial charge in [-0.05, 0) is 23.7 Å². The Bertz CT molecular complexity index is 551. The van der Waals surface area contributed by atoms with Gasteiger partial charge in [0, 0.05) is 29.1 Å². The number of H-pyrrole nitrogens is 1. The fourth-order valence-electron chi connectivity index (χ4n) is 1.93. The molecule has 18 heavy (non-hydrogen) atoms. The third kappa shape index (κ3) is 2.68. The number of thiophene rings is 1. The molecule has 2 aromatic rings. The molecule has 1 aliphatic rings. The van der Waals surface area contributed by atoms with E-state index in [2.05, 4.69) is 26.2 Å². The molecule has 96 valence electrons. The van der Waals surface area contributed by atoms with Crippen LogP contribution in [0.3, 0.4) is 0 Å². The molecule has 0 bridgehead atoms. The van der Waals surface area contributed by atoms with E-state index in [1.165, 1.54) is 22.1 Å². The summed E-state index contributed by atoms with van der Waals surface area (Å²) in [6, 6.07) is 4.14. The number of hydrogen-bond acceptors (Lipinski definition) is 5. The zero-order chi connectivity index (χ0) is 12.4. The van der Waals surface area contributed by atoms with Crippen LogP contribution in [0.5, 0.6) is 0 Å². The van der Waals surface area contributed by atoms with E-state index in [1.807, 2.05) is 29.6 Å². The zero-order valence-corrected chi connectivity index (χ0v) is 12.9. The molecule has 0 saturated carbocycles. The maximum atomic E-state index is 5.35. The summed E-state index contributed by atoms with van der Waals surface area (Å²) in [6.07, 6.45) is 0. The van der Waals surface area contributed by atoms with Crippen LogP contribution in [0.1, 0.15) is 0 Å². The number of hydrogen-bond donors (Lipinski definition) is 1. The Hall–Kier alpha value is -0.240. The van der Waals surface area contributed by atoms with Gasteiger partial charge in [0.15, 0.2) is 10.6 Å². The number of nitrogens with one attached hydrogen (secondary N) is 1. The summed E-state index contributed by atoms with van der Waals surface area (Å²) < 4.78 is 2.87. The van der Waals surface area contributed by atoms with E-state index in [0.29, 0.717) is 5.25 Å². The van der Waals surface area contributed by atoms with Gasteiger partial charge in [0.2, 0.25) is 0 Å². The van der Waals surface area contributed by atoms with Crippen LogP contribution >= 0.6 is 47.1 Å². The van der Waals surface area contributed by atoms with Gasteiger partial charge >= 0.3 is 0 Å². The lowest BCUT2D eigenvalue weighted by Crippen LogP contribution is -2.20. The molecule has 0 spiro atoms. The second-order valence-corrected chi connectivity index (χ2v) is 7.90. The summed E-state index contributed by atoms with van der Waals surface area (Å²) in [4.78, 5) is 1.18. The van der Waals surface area contributed by atoms with Crippen LogP contribution in [0.4, 0.5) is 0 Å². The van der Waals surface area contributed by atoms with Gasteiger partial charge in [-0.1, -0.05) is 6.07 Å². The minimum absolute atomic E-state index is 0.645. The summed E-state index contributed by atoms with van der Waals surface area (Å²) in [6.45, 7) is 0.959. The molecule has 3 heterocycles. The number of thioether (sulfide) groups is 2. The third-order valence-electron chi connectivity index (χ3n) is 2.77. The molecular weight excluding hydrogens is 302 g/mol. The molecule has 1 N–H and O–H groups in total. The Morgan fingerprint density at radius 2 is 2.44 bits per heavy atom. The molecule has 2 aromatic heterocycles. The molecule has 1 atom stereocenters. The molecule has 1 aliphatic heterocycles. The molecule has 3 nitrogen and oxygen atoms in total. The van der Waals surface area contributed by atoms with Crippen molar-refractivity contribution in [2.24, 2.45) is 0 Å². The van der Waals surface area contributed by atoms with Crippen LogP contribution in [-0.4, -0.2) is 37.3 Å². The molecule has 0 amide bonds. The van der Waals surface area contributed by atoms with E-state index in [1.54, 1.807) is 11.3 Å². The Balaban J connectivity index is 1.86. The number of aromatic amines is 1. The van der Waals surface area contributed by atoms with Gasteiger partial charge in [-0.2, -0.15) is 28.6 Å². The molecule has 0 aromatic carbocycles. The highest BCUT2D eigenvalue weighted by molar-refractivity contribution is 8.06. The van der Waals surface area contributed by atoms with Gasteiger partial charge in [0.05, 0.1) is 4.88 Å².